The van der Waals surface area contributed by atoms with Gasteiger partial charge in [0, 0.05) is 25.7 Å². The van der Waals surface area contributed by atoms with Crippen molar-refractivity contribution in [2.75, 3.05) is 26.2 Å². The van der Waals surface area contributed by atoms with E-state index in [2.05, 4.69) is 24.1 Å². The molecule has 1 unspecified atom stereocenters. The van der Waals surface area contributed by atoms with E-state index in [1.54, 1.807) is 0 Å². The zero-order valence-electron chi connectivity index (χ0n) is 27.7. The Hall–Kier alpha value is 1.38. The first-order valence-corrected chi connectivity index (χ1v) is 18.3. The van der Waals surface area contributed by atoms with Crippen molar-refractivity contribution >= 4 is 48.0 Å². The predicted octanol–water partition coefficient (Wildman–Crippen LogP) is 12.8. The molecule has 0 aromatic rings. The molecule has 0 saturated carbocycles. The first-order chi connectivity index (χ1) is 18.9. The standard InChI is InChI=1S/C36H74N2.2HI/c1-3-5-7-9-11-13-15-17-19-21-23-25-27-29-31-36-35-37-32-34-38(36)33-30-28-26-24-22-20-18-16-14-12-10-8-6-4-2;;/h36-37H,3-35H2,1-2H3;2*1H. The highest BCUT2D eigenvalue weighted by Gasteiger charge is 2.20. The van der Waals surface area contributed by atoms with Crippen molar-refractivity contribution in [3.63, 3.8) is 0 Å². The lowest BCUT2D eigenvalue weighted by Crippen LogP contribution is -2.51. The fraction of sp³-hybridized carbons (Fsp3) is 1.00. The summed E-state index contributed by atoms with van der Waals surface area (Å²) in [6.45, 7) is 9.68. The average Bonchev–Trinajstić information content (AvgIpc) is 2.94. The second-order valence-electron chi connectivity index (χ2n) is 12.9. The molecule has 0 aliphatic carbocycles. The summed E-state index contributed by atoms with van der Waals surface area (Å²) in [5.41, 5.74) is 0. The van der Waals surface area contributed by atoms with Crippen LogP contribution in [0.25, 0.3) is 0 Å². The Morgan fingerprint density at radius 3 is 1.15 bits per heavy atom. The molecule has 1 aliphatic heterocycles. The molecule has 1 N–H and O–H groups in total. The highest BCUT2D eigenvalue weighted by molar-refractivity contribution is 14.0. The summed E-state index contributed by atoms with van der Waals surface area (Å²) in [7, 11) is 0. The second-order valence-corrected chi connectivity index (χ2v) is 12.9. The molecule has 0 spiro atoms. The van der Waals surface area contributed by atoms with Crippen molar-refractivity contribution in [2.45, 2.75) is 206 Å². The van der Waals surface area contributed by atoms with Gasteiger partial charge in [0.2, 0.25) is 0 Å². The SMILES string of the molecule is CCCCCCCCCCCCCCCCC1CNCCN1CCCCCCCCCCCCCCCC.I.I. The first kappa shape index (κ1) is 43.5. The van der Waals surface area contributed by atoms with Crippen LogP contribution in [0.15, 0.2) is 0 Å². The highest BCUT2D eigenvalue weighted by atomic mass is 127. The van der Waals surface area contributed by atoms with Crippen molar-refractivity contribution in [3.05, 3.63) is 0 Å². The smallest absolute Gasteiger partial charge is 0.0221 e. The van der Waals surface area contributed by atoms with Gasteiger partial charge in [0.1, 0.15) is 0 Å². The lowest BCUT2D eigenvalue weighted by Gasteiger charge is -2.36. The molecule has 40 heavy (non-hydrogen) atoms. The van der Waals surface area contributed by atoms with E-state index in [0.29, 0.717) is 0 Å². The van der Waals surface area contributed by atoms with Crippen LogP contribution in [0, 0.1) is 0 Å². The lowest BCUT2D eigenvalue weighted by molar-refractivity contribution is 0.147. The Bertz CT molecular complexity index is 409. The van der Waals surface area contributed by atoms with Crippen molar-refractivity contribution in [1.82, 2.24) is 10.2 Å². The van der Waals surface area contributed by atoms with Crippen molar-refractivity contribution in [3.8, 4) is 0 Å². The van der Waals surface area contributed by atoms with Gasteiger partial charge in [-0.2, -0.15) is 0 Å². The third-order valence-corrected chi connectivity index (χ3v) is 9.16. The van der Waals surface area contributed by atoms with Gasteiger partial charge in [-0.05, 0) is 19.4 Å². The summed E-state index contributed by atoms with van der Waals surface area (Å²) in [6.07, 6.45) is 42.3. The molecule has 0 bridgehead atoms. The number of nitrogens with one attached hydrogen (secondary N) is 1. The van der Waals surface area contributed by atoms with Crippen molar-refractivity contribution < 1.29 is 0 Å². The normalized spacial score (nSPS) is 15.6. The number of nitrogens with zero attached hydrogens (tertiary/aromatic N) is 1. The van der Waals surface area contributed by atoms with Crippen LogP contribution >= 0.6 is 48.0 Å². The van der Waals surface area contributed by atoms with Gasteiger partial charge in [-0.25, -0.2) is 0 Å². The molecule has 4 heteroatoms. The molecule has 1 rings (SSSR count). The van der Waals surface area contributed by atoms with Crippen LogP contribution < -0.4 is 5.32 Å². The Morgan fingerprint density at radius 2 is 0.775 bits per heavy atom. The van der Waals surface area contributed by atoms with Crippen LogP contribution in [0.5, 0.6) is 0 Å². The molecular weight excluding hydrogens is 714 g/mol. The van der Waals surface area contributed by atoms with Crippen LogP contribution in [0.2, 0.25) is 0 Å². The zero-order chi connectivity index (χ0) is 27.2. The summed E-state index contributed by atoms with van der Waals surface area (Å²) < 4.78 is 0. The molecule has 1 fully saturated rings. The Labute approximate surface area is 288 Å². The van der Waals surface area contributed by atoms with E-state index < -0.39 is 0 Å². The molecule has 1 saturated heterocycles. The molecule has 0 aromatic heterocycles. The van der Waals surface area contributed by atoms with Crippen LogP contribution in [-0.2, 0) is 0 Å². The number of rotatable bonds is 30. The van der Waals surface area contributed by atoms with Crippen molar-refractivity contribution in [2.24, 2.45) is 0 Å². The second kappa shape index (κ2) is 36.6. The maximum absolute atomic E-state index is 3.67. The minimum Gasteiger partial charge on any atom is -0.314 e. The number of unbranched alkanes of at least 4 members (excludes halogenated alkanes) is 26. The third-order valence-electron chi connectivity index (χ3n) is 9.16. The van der Waals surface area contributed by atoms with E-state index in [4.69, 9.17) is 0 Å². The predicted molar refractivity (Wildman–Crippen MR) is 204 cm³/mol. The van der Waals surface area contributed by atoms with E-state index in [9.17, 15) is 0 Å². The molecule has 0 radical (unpaired) electrons. The van der Waals surface area contributed by atoms with Crippen LogP contribution in [-0.4, -0.2) is 37.1 Å². The summed E-state index contributed by atoms with van der Waals surface area (Å²) in [4.78, 5) is 2.83. The summed E-state index contributed by atoms with van der Waals surface area (Å²) in [6, 6.07) is 0.808. The maximum Gasteiger partial charge on any atom is 0.0221 e. The van der Waals surface area contributed by atoms with Gasteiger partial charge in [-0.3, -0.25) is 4.90 Å². The van der Waals surface area contributed by atoms with Gasteiger partial charge in [0.25, 0.3) is 0 Å². The van der Waals surface area contributed by atoms with E-state index in [0.717, 1.165) is 6.04 Å². The quantitative estimate of drug-likeness (QED) is 0.0576. The fourth-order valence-corrected chi connectivity index (χ4v) is 6.47. The molecule has 244 valence electrons. The van der Waals surface area contributed by atoms with E-state index >= 15 is 0 Å². The molecule has 1 aliphatic rings. The first-order valence-electron chi connectivity index (χ1n) is 18.3. The summed E-state index contributed by atoms with van der Waals surface area (Å²) in [5, 5.41) is 3.67. The highest BCUT2D eigenvalue weighted by Crippen LogP contribution is 2.17. The number of halogens is 2. The fourth-order valence-electron chi connectivity index (χ4n) is 6.47. The molecular formula is C36H76I2N2. The van der Waals surface area contributed by atoms with Crippen molar-refractivity contribution in [1.29, 1.82) is 0 Å². The van der Waals surface area contributed by atoms with Crippen LogP contribution in [0.1, 0.15) is 200 Å². The Morgan fingerprint density at radius 1 is 0.450 bits per heavy atom. The molecule has 1 atom stereocenters. The van der Waals surface area contributed by atoms with Gasteiger partial charge >= 0.3 is 0 Å². The third kappa shape index (κ3) is 29.5. The van der Waals surface area contributed by atoms with Crippen LogP contribution in [0.3, 0.4) is 0 Å². The lowest BCUT2D eigenvalue weighted by atomic mass is 10.0. The monoisotopic (exact) mass is 790 g/mol. The minimum absolute atomic E-state index is 0. The summed E-state index contributed by atoms with van der Waals surface area (Å²) >= 11 is 0. The molecule has 1 heterocycles. The zero-order valence-corrected chi connectivity index (χ0v) is 32.3. The van der Waals surface area contributed by atoms with Gasteiger partial charge in [-0.15, -0.1) is 48.0 Å². The van der Waals surface area contributed by atoms with Gasteiger partial charge in [0.15, 0.2) is 0 Å². The Balaban J connectivity index is 0. The van der Waals surface area contributed by atoms with Gasteiger partial charge < -0.3 is 5.32 Å². The minimum atomic E-state index is 0. The topological polar surface area (TPSA) is 15.3 Å². The van der Waals surface area contributed by atoms with Crippen LogP contribution in [0.4, 0.5) is 0 Å². The summed E-state index contributed by atoms with van der Waals surface area (Å²) in [5.74, 6) is 0. The van der Waals surface area contributed by atoms with E-state index in [1.807, 2.05) is 0 Å². The number of piperazine rings is 1. The number of hydrogen-bond donors (Lipinski definition) is 1. The van der Waals surface area contributed by atoms with Gasteiger partial charge in [-0.1, -0.05) is 187 Å². The maximum atomic E-state index is 3.67. The Kier molecular flexibility index (Phi) is 39.8. The van der Waals surface area contributed by atoms with E-state index in [-0.39, 0.29) is 48.0 Å². The van der Waals surface area contributed by atoms with E-state index in [1.165, 1.54) is 212 Å². The molecule has 0 aromatic carbocycles. The number of hydrogen-bond acceptors (Lipinski definition) is 2. The average molecular weight is 791 g/mol. The molecule has 2 nitrogen and oxygen atoms in total. The molecule has 0 amide bonds. The van der Waals surface area contributed by atoms with Gasteiger partial charge in [0.05, 0.1) is 0 Å². The largest absolute Gasteiger partial charge is 0.314 e.